The van der Waals surface area contributed by atoms with Crippen LogP contribution in [-0.4, -0.2) is 40.8 Å². The third-order valence-electron chi connectivity index (χ3n) is 4.02. The molecular formula is C18H28N2O3. The summed E-state index contributed by atoms with van der Waals surface area (Å²) in [5, 5.41) is 13.4. The number of hydrogen-bond donors (Lipinski definition) is 2. The van der Waals surface area contributed by atoms with Crippen LogP contribution in [0.5, 0.6) is 5.75 Å². The number of aryl methyl sites for hydroxylation is 1. The van der Waals surface area contributed by atoms with Gasteiger partial charge in [-0.2, -0.15) is 0 Å². The Balaban J connectivity index is 1.87. The van der Waals surface area contributed by atoms with Crippen molar-refractivity contribution >= 4 is 6.09 Å². The Hall–Kier alpha value is -1.75. The molecule has 128 valence electrons. The normalized spacial score (nSPS) is 18.3. The molecule has 1 atom stereocenters. The van der Waals surface area contributed by atoms with Gasteiger partial charge in [0.2, 0.25) is 0 Å². The number of carbonyl (C=O) groups excluding carboxylic acids is 1. The van der Waals surface area contributed by atoms with Gasteiger partial charge in [-0.25, -0.2) is 4.79 Å². The lowest BCUT2D eigenvalue weighted by Crippen LogP contribution is -2.44. The van der Waals surface area contributed by atoms with Gasteiger partial charge < -0.3 is 20.1 Å². The standard InChI is InChI=1S/C18H28N2O3/c1-13-7-5-8-14(16(13)21)11-19-12-15-9-6-10-20(15)17(22)23-18(2,3)4/h5,7-8,15,19,21H,6,9-12H2,1-4H3. The minimum atomic E-state index is -0.467. The average molecular weight is 320 g/mol. The number of nitrogens with one attached hydrogen (secondary N) is 1. The van der Waals surface area contributed by atoms with Crippen LogP contribution in [-0.2, 0) is 11.3 Å². The number of rotatable bonds is 4. The smallest absolute Gasteiger partial charge is 0.410 e. The van der Waals surface area contributed by atoms with E-state index in [1.165, 1.54) is 0 Å². The Labute approximate surface area is 138 Å². The first-order valence-electron chi connectivity index (χ1n) is 8.26. The van der Waals surface area contributed by atoms with E-state index < -0.39 is 5.60 Å². The highest BCUT2D eigenvalue weighted by Crippen LogP contribution is 2.22. The zero-order valence-electron chi connectivity index (χ0n) is 14.6. The van der Waals surface area contributed by atoms with Crippen molar-refractivity contribution in [1.82, 2.24) is 10.2 Å². The fourth-order valence-corrected chi connectivity index (χ4v) is 2.84. The Morgan fingerprint density at radius 1 is 1.43 bits per heavy atom. The van der Waals surface area contributed by atoms with E-state index in [4.69, 9.17) is 4.74 Å². The third kappa shape index (κ3) is 4.86. The molecule has 2 rings (SSSR count). The number of nitrogens with zero attached hydrogens (tertiary/aromatic N) is 1. The second-order valence-corrected chi connectivity index (χ2v) is 7.18. The van der Waals surface area contributed by atoms with Crippen LogP contribution in [0.2, 0.25) is 0 Å². The van der Waals surface area contributed by atoms with Crippen molar-refractivity contribution < 1.29 is 14.6 Å². The van der Waals surface area contributed by atoms with Gasteiger partial charge in [-0.05, 0) is 46.1 Å². The fourth-order valence-electron chi connectivity index (χ4n) is 2.84. The molecule has 0 aliphatic carbocycles. The number of ether oxygens (including phenoxy) is 1. The van der Waals surface area contributed by atoms with E-state index in [9.17, 15) is 9.90 Å². The largest absolute Gasteiger partial charge is 0.507 e. The van der Waals surface area contributed by atoms with Crippen LogP contribution < -0.4 is 5.32 Å². The zero-order chi connectivity index (χ0) is 17.0. The van der Waals surface area contributed by atoms with Crippen LogP contribution in [0.15, 0.2) is 18.2 Å². The van der Waals surface area contributed by atoms with Crippen LogP contribution in [0, 0.1) is 6.92 Å². The topological polar surface area (TPSA) is 61.8 Å². The number of amides is 1. The first kappa shape index (κ1) is 17.6. The lowest BCUT2D eigenvalue weighted by atomic mass is 10.1. The molecular weight excluding hydrogens is 292 g/mol. The number of phenols is 1. The van der Waals surface area contributed by atoms with Crippen LogP contribution in [0.3, 0.4) is 0 Å². The van der Waals surface area contributed by atoms with Crippen molar-refractivity contribution in [3.8, 4) is 5.75 Å². The molecule has 2 N–H and O–H groups in total. The van der Waals surface area contributed by atoms with Gasteiger partial charge in [-0.3, -0.25) is 0 Å². The van der Waals surface area contributed by atoms with Gasteiger partial charge in [0.05, 0.1) is 0 Å². The summed E-state index contributed by atoms with van der Waals surface area (Å²) in [6.07, 6.45) is 1.74. The molecule has 5 nitrogen and oxygen atoms in total. The molecule has 1 aromatic rings. The van der Waals surface area contributed by atoms with Gasteiger partial charge >= 0.3 is 6.09 Å². The van der Waals surface area contributed by atoms with Gasteiger partial charge in [0.1, 0.15) is 11.4 Å². The summed E-state index contributed by atoms with van der Waals surface area (Å²) >= 11 is 0. The van der Waals surface area contributed by atoms with Crippen molar-refractivity contribution in [2.75, 3.05) is 13.1 Å². The second kappa shape index (κ2) is 7.21. The van der Waals surface area contributed by atoms with E-state index in [2.05, 4.69) is 5.32 Å². The summed E-state index contributed by atoms with van der Waals surface area (Å²) in [5.74, 6) is 0.343. The molecule has 23 heavy (non-hydrogen) atoms. The van der Waals surface area contributed by atoms with Crippen LogP contribution in [0.25, 0.3) is 0 Å². The highest BCUT2D eigenvalue weighted by atomic mass is 16.6. The van der Waals surface area contributed by atoms with Crippen LogP contribution >= 0.6 is 0 Å². The molecule has 1 fully saturated rings. The molecule has 0 aromatic heterocycles. The van der Waals surface area contributed by atoms with E-state index in [-0.39, 0.29) is 12.1 Å². The number of hydrogen-bond acceptors (Lipinski definition) is 4. The molecule has 1 aliphatic rings. The average Bonchev–Trinajstić information content (AvgIpc) is 2.90. The number of aromatic hydroxyl groups is 1. The summed E-state index contributed by atoms with van der Waals surface area (Å²) < 4.78 is 5.47. The Morgan fingerprint density at radius 3 is 2.87 bits per heavy atom. The molecule has 1 unspecified atom stereocenters. The molecule has 0 saturated carbocycles. The Bertz CT molecular complexity index is 552. The lowest BCUT2D eigenvalue weighted by molar-refractivity contribution is 0.0226. The van der Waals surface area contributed by atoms with Crippen molar-refractivity contribution in [2.24, 2.45) is 0 Å². The third-order valence-corrected chi connectivity index (χ3v) is 4.02. The molecule has 1 aromatic carbocycles. The van der Waals surface area contributed by atoms with Gasteiger partial charge in [0.25, 0.3) is 0 Å². The van der Waals surface area contributed by atoms with Crippen LogP contribution in [0.1, 0.15) is 44.7 Å². The van der Waals surface area contributed by atoms with E-state index in [1.54, 1.807) is 0 Å². The summed E-state index contributed by atoms with van der Waals surface area (Å²) in [6, 6.07) is 5.89. The SMILES string of the molecule is Cc1cccc(CNCC2CCCN2C(=O)OC(C)(C)C)c1O. The molecule has 1 aliphatic heterocycles. The minimum absolute atomic E-state index is 0.150. The zero-order valence-corrected chi connectivity index (χ0v) is 14.6. The lowest BCUT2D eigenvalue weighted by Gasteiger charge is -2.28. The number of benzene rings is 1. The van der Waals surface area contributed by atoms with Crippen molar-refractivity contribution in [3.63, 3.8) is 0 Å². The molecule has 0 radical (unpaired) electrons. The molecule has 1 amide bonds. The number of phenolic OH excluding ortho intramolecular Hbond substituents is 1. The van der Waals surface area contributed by atoms with Crippen molar-refractivity contribution in [3.05, 3.63) is 29.3 Å². The van der Waals surface area contributed by atoms with Gasteiger partial charge in [0.15, 0.2) is 0 Å². The first-order chi connectivity index (χ1) is 10.8. The van der Waals surface area contributed by atoms with Crippen LogP contribution in [0.4, 0.5) is 4.79 Å². The monoisotopic (exact) mass is 320 g/mol. The Morgan fingerprint density at radius 2 is 2.17 bits per heavy atom. The first-order valence-corrected chi connectivity index (χ1v) is 8.26. The highest BCUT2D eigenvalue weighted by molar-refractivity contribution is 5.69. The van der Waals surface area contributed by atoms with Gasteiger partial charge in [-0.15, -0.1) is 0 Å². The molecule has 1 saturated heterocycles. The highest BCUT2D eigenvalue weighted by Gasteiger charge is 2.31. The number of likely N-dealkylation sites (tertiary alicyclic amines) is 1. The molecule has 0 bridgehead atoms. The quantitative estimate of drug-likeness (QED) is 0.894. The number of para-hydroxylation sites is 1. The molecule has 5 heteroatoms. The van der Waals surface area contributed by atoms with E-state index in [0.717, 1.165) is 30.5 Å². The second-order valence-electron chi connectivity index (χ2n) is 7.18. The van der Waals surface area contributed by atoms with Crippen molar-refractivity contribution in [2.45, 2.75) is 58.7 Å². The predicted octanol–water partition coefficient (Wildman–Crippen LogP) is 3.19. The summed E-state index contributed by atoms with van der Waals surface area (Å²) in [5.41, 5.74) is 1.29. The van der Waals surface area contributed by atoms with Gasteiger partial charge in [0, 0.05) is 31.2 Å². The Kier molecular flexibility index (Phi) is 5.52. The minimum Gasteiger partial charge on any atom is -0.507 e. The maximum Gasteiger partial charge on any atom is 0.410 e. The van der Waals surface area contributed by atoms with Crippen molar-refractivity contribution in [1.29, 1.82) is 0 Å². The van der Waals surface area contributed by atoms with E-state index in [0.29, 0.717) is 18.8 Å². The molecule has 0 spiro atoms. The van der Waals surface area contributed by atoms with E-state index >= 15 is 0 Å². The fraction of sp³-hybridized carbons (Fsp3) is 0.611. The maximum atomic E-state index is 12.2. The summed E-state index contributed by atoms with van der Waals surface area (Å²) in [4.78, 5) is 14.1. The number of carbonyl (C=O) groups is 1. The summed E-state index contributed by atoms with van der Waals surface area (Å²) in [6.45, 7) is 9.58. The van der Waals surface area contributed by atoms with E-state index in [1.807, 2.05) is 50.8 Å². The maximum absolute atomic E-state index is 12.2. The summed E-state index contributed by atoms with van der Waals surface area (Å²) in [7, 11) is 0. The van der Waals surface area contributed by atoms with Gasteiger partial charge in [-0.1, -0.05) is 18.2 Å². The molecule has 1 heterocycles. The predicted molar refractivity (Wildman–Crippen MR) is 90.5 cm³/mol.